The standard InChI is InChI=1S/C12H10N2O3/c13-5-6-14-12(15)4-2-9-1-3-10-11(7-9)17-8-16-10/h1-4,7H,6,8H2,(H,14,15)/b4-2+. The van der Waals surface area contributed by atoms with Gasteiger partial charge in [-0.25, -0.2) is 0 Å². The van der Waals surface area contributed by atoms with Crippen LogP contribution in [0.4, 0.5) is 0 Å². The number of nitrogens with one attached hydrogen (secondary N) is 1. The van der Waals surface area contributed by atoms with Gasteiger partial charge in [-0.2, -0.15) is 5.26 Å². The maximum absolute atomic E-state index is 11.2. The van der Waals surface area contributed by atoms with Crippen LogP contribution in [-0.2, 0) is 4.79 Å². The highest BCUT2D eigenvalue weighted by atomic mass is 16.7. The average Bonchev–Trinajstić information content (AvgIpc) is 2.81. The van der Waals surface area contributed by atoms with Gasteiger partial charge >= 0.3 is 0 Å². The second-order valence-corrected chi connectivity index (χ2v) is 3.32. The van der Waals surface area contributed by atoms with Crippen molar-refractivity contribution in [3.63, 3.8) is 0 Å². The van der Waals surface area contributed by atoms with Crippen LogP contribution in [0.25, 0.3) is 6.08 Å². The minimum atomic E-state index is -0.302. The van der Waals surface area contributed by atoms with Crippen molar-refractivity contribution in [3.05, 3.63) is 29.8 Å². The monoisotopic (exact) mass is 230 g/mol. The van der Waals surface area contributed by atoms with E-state index in [-0.39, 0.29) is 19.2 Å². The average molecular weight is 230 g/mol. The Morgan fingerprint density at radius 3 is 3.12 bits per heavy atom. The van der Waals surface area contributed by atoms with Gasteiger partial charge in [0, 0.05) is 6.08 Å². The molecule has 0 aliphatic carbocycles. The molecule has 0 saturated heterocycles. The lowest BCUT2D eigenvalue weighted by molar-refractivity contribution is -0.116. The molecule has 0 radical (unpaired) electrons. The number of hydrogen-bond donors (Lipinski definition) is 1. The van der Waals surface area contributed by atoms with E-state index in [1.807, 2.05) is 12.1 Å². The van der Waals surface area contributed by atoms with Crippen molar-refractivity contribution in [3.8, 4) is 17.6 Å². The number of rotatable bonds is 3. The quantitative estimate of drug-likeness (QED) is 0.622. The number of fused-ring (bicyclic) bond motifs is 1. The molecular weight excluding hydrogens is 220 g/mol. The van der Waals surface area contributed by atoms with E-state index in [2.05, 4.69) is 5.32 Å². The first-order valence-electron chi connectivity index (χ1n) is 5.02. The summed E-state index contributed by atoms with van der Waals surface area (Å²) >= 11 is 0. The number of nitriles is 1. The van der Waals surface area contributed by atoms with E-state index in [0.29, 0.717) is 11.5 Å². The Balaban J connectivity index is 2.02. The van der Waals surface area contributed by atoms with Crippen LogP contribution in [0.3, 0.4) is 0 Å². The Labute approximate surface area is 98.3 Å². The molecule has 86 valence electrons. The Hall–Kier alpha value is -2.48. The molecule has 17 heavy (non-hydrogen) atoms. The molecule has 1 aliphatic rings. The van der Waals surface area contributed by atoms with Crippen LogP contribution in [-0.4, -0.2) is 19.2 Å². The van der Waals surface area contributed by atoms with E-state index < -0.39 is 0 Å². The summed E-state index contributed by atoms with van der Waals surface area (Å²) in [6.45, 7) is 0.232. The molecule has 1 aromatic carbocycles. The van der Waals surface area contributed by atoms with Crippen molar-refractivity contribution in [2.75, 3.05) is 13.3 Å². The molecule has 0 fully saturated rings. The third kappa shape index (κ3) is 2.75. The summed E-state index contributed by atoms with van der Waals surface area (Å²) in [6, 6.07) is 7.22. The van der Waals surface area contributed by atoms with Crippen molar-refractivity contribution < 1.29 is 14.3 Å². The van der Waals surface area contributed by atoms with Gasteiger partial charge in [0.1, 0.15) is 6.54 Å². The maximum atomic E-state index is 11.2. The van der Waals surface area contributed by atoms with Gasteiger partial charge in [-0.1, -0.05) is 6.07 Å². The lowest BCUT2D eigenvalue weighted by Crippen LogP contribution is -2.20. The van der Waals surface area contributed by atoms with Crippen molar-refractivity contribution in [2.24, 2.45) is 0 Å². The van der Waals surface area contributed by atoms with Crippen LogP contribution < -0.4 is 14.8 Å². The summed E-state index contributed by atoms with van der Waals surface area (Å²) in [5.41, 5.74) is 0.835. The predicted octanol–water partition coefficient (Wildman–Crippen LogP) is 1.07. The van der Waals surface area contributed by atoms with Gasteiger partial charge in [-0.05, 0) is 23.8 Å². The molecule has 5 nitrogen and oxygen atoms in total. The summed E-state index contributed by atoms with van der Waals surface area (Å²) in [5.74, 6) is 1.07. The van der Waals surface area contributed by atoms with Crippen molar-refractivity contribution in [2.45, 2.75) is 0 Å². The smallest absolute Gasteiger partial charge is 0.244 e. The van der Waals surface area contributed by atoms with E-state index in [9.17, 15) is 4.79 Å². The molecule has 1 aliphatic heterocycles. The van der Waals surface area contributed by atoms with Crippen LogP contribution in [0.15, 0.2) is 24.3 Å². The van der Waals surface area contributed by atoms with Gasteiger partial charge < -0.3 is 14.8 Å². The number of ether oxygens (including phenoxy) is 2. The van der Waals surface area contributed by atoms with Crippen molar-refractivity contribution in [1.29, 1.82) is 5.26 Å². The van der Waals surface area contributed by atoms with Gasteiger partial charge in [-0.3, -0.25) is 4.79 Å². The molecule has 0 aromatic heterocycles. The summed E-state index contributed by atoms with van der Waals surface area (Å²) in [4.78, 5) is 11.2. The van der Waals surface area contributed by atoms with Crippen molar-refractivity contribution >= 4 is 12.0 Å². The first-order valence-corrected chi connectivity index (χ1v) is 5.02. The number of carbonyl (C=O) groups excluding carboxylic acids is 1. The first kappa shape index (κ1) is 11.0. The molecule has 0 saturated carbocycles. The van der Waals surface area contributed by atoms with Crippen molar-refractivity contribution in [1.82, 2.24) is 5.32 Å². The molecular formula is C12H10N2O3. The fraction of sp³-hybridized carbons (Fsp3) is 0.167. The Bertz CT molecular complexity index is 503. The van der Waals surface area contributed by atoms with E-state index in [1.54, 1.807) is 18.2 Å². The zero-order chi connectivity index (χ0) is 12.1. The number of amides is 1. The van der Waals surface area contributed by atoms with Crippen LogP contribution >= 0.6 is 0 Å². The molecule has 1 heterocycles. The maximum Gasteiger partial charge on any atom is 0.244 e. The number of carbonyl (C=O) groups is 1. The zero-order valence-corrected chi connectivity index (χ0v) is 8.97. The largest absolute Gasteiger partial charge is 0.454 e. The Kier molecular flexibility index (Phi) is 3.26. The van der Waals surface area contributed by atoms with E-state index in [0.717, 1.165) is 5.56 Å². The molecule has 1 amide bonds. The topological polar surface area (TPSA) is 71.4 Å². The highest BCUT2D eigenvalue weighted by Gasteiger charge is 2.12. The summed E-state index contributed by atoms with van der Waals surface area (Å²) in [5, 5.41) is 10.7. The van der Waals surface area contributed by atoms with Crippen LogP contribution in [0.5, 0.6) is 11.5 Å². The van der Waals surface area contributed by atoms with Gasteiger partial charge in [0.25, 0.3) is 0 Å². The minimum absolute atomic E-state index is 0.00428. The summed E-state index contributed by atoms with van der Waals surface area (Å²) in [7, 11) is 0. The molecule has 0 unspecified atom stereocenters. The minimum Gasteiger partial charge on any atom is -0.454 e. The molecule has 0 bridgehead atoms. The lowest BCUT2D eigenvalue weighted by atomic mass is 10.2. The summed E-state index contributed by atoms with van der Waals surface area (Å²) in [6.07, 6.45) is 3.02. The SMILES string of the molecule is N#CCNC(=O)/C=C/c1ccc2c(c1)OCO2. The predicted molar refractivity (Wildman–Crippen MR) is 60.2 cm³/mol. The van der Waals surface area contributed by atoms with E-state index in [1.165, 1.54) is 6.08 Å². The highest BCUT2D eigenvalue weighted by molar-refractivity contribution is 5.91. The second-order valence-electron chi connectivity index (χ2n) is 3.32. The number of benzene rings is 1. The van der Waals surface area contributed by atoms with E-state index >= 15 is 0 Å². The molecule has 0 atom stereocenters. The van der Waals surface area contributed by atoms with E-state index in [4.69, 9.17) is 14.7 Å². The third-order valence-corrected chi connectivity index (χ3v) is 2.17. The normalized spacial score (nSPS) is 12.4. The van der Waals surface area contributed by atoms with Crippen LogP contribution in [0.1, 0.15) is 5.56 Å². The van der Waals surface area contributed by atoms with Gasteiger partial charge in [-0.15, -0.1) is 0 Å². The fourth-order valence-corrected chi connectivity index (χ4v) is 1.37. The zero-order valence-electron chi connectivity index (χ0n) is 8.97. The third-order valence-electron chi connectivity index (χ3n) is 2.17. The summed E-state index contributed by atoms with van der Waals surface area (Å²) < 4.78 is 10.4. The second kappa shape index (κ2) is 5.03. The fourth-order valence-electron chi connectivity index (χ4n) is 1.37. The highest BCUT2D eigenvalue weighted by Crippen LogP contribution is 2.32. The molecule has 1 N–H and O–H groups in total. The number of hydrogen-bond acceptors (Lipinski definition) is 4. The van der Waals surface area contributed by atoms with Gasteiger partial charge in [0.15, 0.2) is 11.5 Å². The Morgan fingerprint density at radius 2 is 2.29 bits per heavy atom. The molecule has 5 heteroatoms. The molecule has 0 spiro atoms. The first-order chi connectivity index (χ1) is 8.29. The van der Waals surface area contributed by atoms with Crippen LogP contribution in [0, 0.1) is 11.3 Å². The molecule has 2 rings (SSSR count). The molecule has 1 aromatic rings. The lowest BCUT2D eigenvalue weighted by Gasteiger charge is -1.97. The Morgan fingerprint density at radius 1 is 1.47 bits per heavy atom. The van der Waals surface area contributed by atoms with Gasteiger partial charge in [0.2, 0.25) is 12.7 Å². The number of nitrogens with zero attached hydrogens (tertiary/aromatic N) is 1. The van der Waals surface area contributed by atoms with Crippen LogP contribution in [0.2, 0.25) is 0 Å². The van der Waals surface area contributed by atoms with Gasteiger partial charge in [0.05, 0.1) is 6.07 Å².